The van der Waals surface area contributed by atoms with Gasteiger partial charge in [0.05, 0.1) is 0 Å². The molecule has 1 aliphatic rings. The highest BCUT2D eigenvalue weighted by atomic mass is 32.2. The van der Waals surface area contributed by atoms with Crippen molar-refractivity contribution in [3.05, 3.63) is 0 Å². The first-order valence-corrected chi connectivity index (χ1v) is 6.98. The summed E-state index contributed by atoms with van der Waals surface area (Å²) in [5.41, 5.74) is 5.70. The molecule has 14 heavy (non-hydrogen) atoms. The van der Waals surface area contributed by atoms with Gasteiger partial charge in [0.15, 0.2) is 0 Å². The molecule has 0 aromatic heterocycles. The van der Waals surface area contributed by atoms with E-state index in [-0.39, 0.29) is 0 Å². The summed E-state index contributed by atoms with van der Waals surface area (Å²) in [4.78, 5) is 0. The lowest BCUT2D eigenvalue weighted by molar-refractivity contribution is 0.367. The predicted octanol–water partition coefficient (Wildman–Crippen LogP) is 1.85. The lowest BCUT2D eigenvalue weighted by atomic mass is 9.96. The smallest absolute Gasteiger partial charge is 0.00183 e. The van der Waals surface area contributed by atoms with Crippen LogP contribution in [0.3, 0.4) is 0 Å². The molecule has 1 saturated heterocycles. The molecule has 1 rings (SSSR count). The molecule has 1 heterocycles. The van der Waals surface area contributed by atoms with Crippen LogP contribution in [-0.2, 0) is 0 Å². The summed E-state index contributed by atoms with van der Waals surface area (Å²) in [6.07, 6.45) is 5.34. The molecule has 1 atom stereocenters. The zero-order valence-electron chi connectivity index (χ0n) is 9.30. The quantitative estimate of drug-likeness (QED) is 0.666. The Hall–Kier alpha value is 0.270. The van der Waals surface area contributed by atoms with Gasteiger partial charge in [-0.3, -0.25) is 0 Å². The van der Waals surface area contributed by atoms with Gasteiger partial charge in [0.1, 0.15) is 0 Å². The number of thioether (sulfide) groups is 1. The average molecular weight is 216 g/mol. The Morgan fingerprint density at radius 2 is 2.07 bits per heavy atom. The van der Waals surface area contributed by atoms with E-state index in [9.17, 15) is 0 Å². The van der Waals surface area contributed by atoms with E-state index < -0.39 is 0 Å². The molecule has 1 fully saturated rings. The summed E-state index contributed by atoms with van der Waals surface area (Å²) < 4.78 is 0. The summed E-state index contributed by atoms with van der Waals surface area (Å²) in [6, 6.07) is 0.376. The normalized spacial score (nSPS) is 21.0. The van der Waals surface area contributed by atoms with Gasteiger partial charge in [0.25, 0.3) is 0 Å². The minimum Gasteiger partial charge on any atom is -0.328 e. The van der Waals surface area contributed by atoms with E-state index in [1.807, 2.05) is 0 Å². The monoisotopic (exact) mass is 216 g/mol. The Bertz CT molecular complexity index is 133. The maximum atomic E-state index is 5.70. The Morgan fingerprint density at radius 1 is 1.36 bits per heavy atom. The van der Waals surface area contributed by atoms with Crippen LogP contribution in [0.4, 0.5) is 0 Å². The molecular weight excluding hydrogens is 192 g/mol. The third kappa shape index (κ3) is 5.89. The Kier molecular flexibility index (Phi) is 6.65. The van der Waals surface area contributed by atoms with E-state index in [2.05, 4.69) is 24.0 Å². The van der Waals surface area contributed by atoms with Crippen LogP contribution in [0.25, 0.3) is 0 Å². The molecule has 84 valence electrons. The van der Waals surface area contributed by atoms with Gasteiger partial charge >= 0.3 is 0 Å². The fourth-order valence-electron chi connectivity index (χ4n) is 1.79. The van der Waals surface area contributed by atoms with Gasteiger partial charge in [-0.15, -0.1) is 0 Å². The number of hydrogen-bond donors (Lipinski definition) is 2. The fourth-order valence-corrected chi connectivity index (χ4v) is 3.03. The molecule has 0 saturated carbocycles. The van der Waals surface area contributed by atoms with E-state index in [1.54, 1.807) is 0 Å². The molecule has 0 aromatic rings. The topological polar surface area (TPSA) is 38.0 Å². The highest BCUT2D eigenvalue weighted by Crippen LogP contribution is 2.18. The lowest BCUT2D eigenvalue weighted by Crippen LogP contribution is -2.27. The summed E-state index contributed by atoms with van der Waals surface area (Å²) in [5, 5.41) is 3.41. The van der Waals surface area contributed by atoms with Crippen molar-refractivity contribution >= 4 is 11.8 Å². The van der Waals surface area contributed by atoms with Gasteiger partial charge in [-0.05, 0) is 63.1 Å². The zero-order valence-corrected chi connectivity index (χ0v) is 10.1. The van der Waals surface area contributed by atoms with Crippen LogP contribution in [0.2, 0.25) is 0 Å². The van der Waals surface area contributed by atoms with E-state index in [0.717, 1.165) is 12.3 Å². The van der Waals surface area contributed by atoms with Gasteiger partial charge in [-0.2, -0.15) is 11.8 Å². The second kappa shape index (κ2) is 7.55. The molecule has 2 nitrogen and oxygen atoms in total. The standard InChI is InChI=1S/C11H24N2S/c1-10(12)4-8-14-9-5-11-2-6-13-7-3-11/h10-11,13H,2-9,12H2,1H3. The molecule has 1 unspecified atom stereocenters. The van der Waals surface area contributed by atoms with Crippen LogP contribution in [0, 0.1) is 5.92 Å². The molecule has 0 spiro atoms. The molecule has 0 aromatic carbocycles. The van der Waals surface area contributed by atoms with E-state index in [4.69, 9.17) is 5.73 Å². The Morgan fingerprint density at radius 3 is 2.71 bits per heavy atom. The third-order valence-electron chi connectivity index (χ3n) is 2.85. The second-order valence-corrected chi connectivity index (χ2v) is 5.59. The van der Waals surface area contributed by atoms with Gasteiger partial charge < -0.3 is 11.1 Å². The van der Waals surface area contributed by atoms with Crippen molar-refractivity contribution in [3.63, 3.8) is 0 Å². The van der Waals surface area contributed by atoms with Gasteiger partial charge in [0.2, 0.25) is 0 Å². The Labute approximate surface area is 92.4 Å². The molecule has 0 radical (unpaired) electrons. The highest BCUT2D eigenvalue weighted by molar-refractivity contribution is 7.99. The van der Waals surface area contributed by atoms with Gasteiger partial charge in [-0.1, -0.05) is 0 Å². The summed E-state index contributed by atoms with van der Waals surface area (Å²) >= 11 is 2.07. The van der Waals surface area contributed by atoms with E-state index in [1.165, 1.54) is 43.9 Å². The number of piperidine rings is 1. The zero-order chi connectivity index (χ0) is 10.2. The van der Waals surface area contributed by atoms with Crippen molar-refractivity contribution in [1.29, 1.82) is 0 Å². The molecular formula is C11H24N2S. The number of nitrogens with two attached hydrogens (primary N) is 1. The molecule has 3 N–H and O–H groups in total. The van der Waals surface area contributed by atoms with Gasteiger partial charge in [-0.25, -0.2) is 0 Å². The number of nitrogens with one attached hydrogen (secondary N) is 1. The van der Waals surface area contributed by atoms with Crippen LogP contribution in [-0.4, -0.2) is 30.6 Å². The van der Waals surface area contributed by atoms with Crippen LogP contribution in [0.5, 0.6) is 0 Å². The second-order valence-electron chi connectivity index (χ2n) is 4.36. The average Bonchev–Trinajstić information content (AvgIpc) is 2.18. The number of rotatable bonds is 6. The van der Waals surface area contributed by atoms with Crippen LogP contribution < -0.4 is 11.1 Å². The van der Waals surface area contributed by atoms with Crippen molar-refractivity contribution in [2.75, 3.05) is 24.6 Å². The SMILES string of the molecule is CC(N)CCSCCC1CCNCC1. The lowest BCUT2D eigenvalue weighted by Gasteiger charge is -2.22. The Balaban J connectivity index is 1.87. The van der Waals surface area contributed by atoms with Crippen molar-refractivity contribution in [1.82, 2.24) is 5.32 Å². The number of hydrogen-bond acceptors (Lipinski definition) is 3. The predicted molar refractivity (Wildman–Crippen MR) is 65.8 cm³/mol. The molecule has 0 bridgehead atoms. The van der Waals surface area contributed by atoms with Crippen LogP contribution in [0.1, 0.15) is 32.6 Å². The highest BCUT2D eigenvalue weighted by Gasteiger charge is 2.11. The molecule has 3 heteroatoms. The minimum atomic E-state index is 0.376. The third-order valence-corrected chi connectivity index (χ3v) is 3.90. The van der Waals surface area contributed by atoms with E-state index in [0.29, 0.717) is 6.04 Å². The summed E-state index contributed by atoms with van der Waals surface area (Å²) in [5.74, 6) is 3.55. The largest absolute Gasteiger partial charge is 0.328 e. The van der Waals surface area contributed by atoms with E-state index >= 15 is 0 Å². The maximum Gasteiger partial charge on any atom is 0.00183 e. The van der Waals surface area contributed by atoms with Crippen molar-refractivity contribution in [2.24, 2.45) is 11.7 Å². The van der Waals surface area contributed by atoms with Gasteiger partial charge in [0, 0.05) is 6.04 Å². The van der Waals surface area contributed by atoms with Crippen molar-refractivity contribution in [2.45, 2.75) is 38.6 Å². The van der Waals surface area contributed by atoms with Crippen molar-refractivity contribution in [3.8, 4) is 0 Å². The fraction of sp³-hybridized carbons (Fsp3) is 1.00. The first-order valence-electron chi connectivity index (χ1n) is 5.83. The van der Waals surface area contributed by atoms with Crippen LogP contribution in [0.15, 0.2) is 0 Å². The molecule has 1 aliphatic heterocycles. The summed E-state index contributed by atoms with van der Waals surface area (Å²) in [6.45, 7) is 4.55. The molecule has 0 aliphatic carbocycles. The van der Waals surface area contributed by atoms with Crippen molar-refractivity contribution < 1.29 is 0 Å². The first-order chi connectivity index (χ1) is 6.79. The summed E-state index contributed by atoms with van der Waals surface area (Å²) in [7, 11) is 0. The first kappa shape index (κ1) is 12.3. The minimum absolute atomic E-state index is 0.376. The molecule has 0 amide bonds. The van der Waals surface area contributed by atoms with Crippen LogP contribution >= 0.6 is 11.8 Å². The maximum absolute atomic E-state index is 5.70.